The van der Waals surface area contributed by atoms with Crippen molar-refractivity contribution in [2.45, 2.75) is 85.6 Å². The molecule has 0 unspecified atom stereocenters. The highest BCUT2D eigenvalue weighted by Gasteiger charge is 2.69. The van der Waals surface area contributed by atoms with Gasteiger partial charge in [-0.1, -0.05) is 64.4 Å². The summed E-state index contributed by atoms with van der Waals surface area (Å²) in [5, 5.41) is 6.56. The van der Waals surface area contributed by atoms with Crippen molar-refractivity contribution in [3.8, 4) is 0 Å². The minimum absolute atomic E-state index is 0.0562. The zero-order valence-electron chi connectivity index (χ0n) is 26.8. The van der Waals surface area contributed by atoms with Gasteiger partial charge in [-0.3, -0.25) is 19.8 Å². The van der Waals surface area contributed by atoms with E-state index in [1.165, 1.54) is 4.90 Å². The molecule has 3 aliphatic rings. The third-order valence-electron chi connectivity index (χ3n) is 9.15. The third kappa shape index (κ3) is 7.44. The number of hydrazine groups is 1. The molecule has 0 radical (unpaired) electrons. The fourth-order valence-electron chi connectivity index (χ4n) is 6.29. The third-order valence-corrected chi connectivity index (χ3v) is 9.15. The molecule has 1 aromatic rings. The SMILES string of the molecule is CC[C@@H](C)[C@H](NC(=O)OCc1ccccc1)C(=O)N1C[C@H]2[C@@H]([C@H]1C(=O)NN(C[C@@H]1CCNC1=O)C(=O)OC(C)(C)C)C2(C)C. The van der Waals surface area contributed by atoms with E-state index in [2.05, 4.69) is 29.9 Å². The number of amides is 5. The smallest absolute Gasteiger partial charge is 0.429 e. The molecule has 12 heteroatoms. The number of carbonyl (C=O) groups excluding carboxylic acids is 5. The van der Waals surface area contributed by atoms with Crippen molar-refractivity contribution >= 4 is 29.9 Å². The zero-order valence-corrected chi connectivity index (χ0v) is 26.8. The van der Waals surface area contributed by atoms with E-state index in [9.17, 15) is 24.0 Å². The monoisotopic (exact) mass is 613 g/mol. The Bertz CT molecular complexity index is 1250. The molecule has 44 heavy (non-hydrogen) atoms. The van der Waals surface area contributed by atoms with Gasteiger partial charge in [0.25, 0.3) is 5.91 Å². The van der Waals surface area contributed by atoms with E-state index in [1.54, 1.807) is 20.8 Å². The molecule has 0 bridgehead atoms. The van der Waals surface area contributed by atoms with Gasteiger partial charge in [0.2, 0.25) is 11.8 Å². The minimum Gasteiger partial charge on any atom is -0.445 e. The van der Waals surface area contributed by atoms with Crippen molar-refractivity contribution in [3.05, 3.63) is 35.9 Å². The Labute approximate surface area is 259 Å². The Balaban J connectivity index is 1.52. The van der Waals surface area contributed by atoms with Crippen molar-refractivity contribution in [2.75, 3.05) is 19.6 Å². The fourth-order valence-corrected chi connectivity index (χ4v) is 6.29. The molecular formula is C32H47N5O7. The summed E-state index contributed by atoms with van der Waals surface area (Å²) in [5.74, 6) is -1.90. The maximum atomic E-state index is 14.1. The van der Waals surface area contributed by atoms with Crippen LogP contribution < -0.4 is 16.1 Å². The van der Waals surface area contributed by atoms with Gasteiger partial charge in [-0.05, 0) is 55.9 Å². The summed E-state index contributed by atoms with van der Waals surface area (Å²) >= 11 is 0. The lowest BCUT2D eigenvalue weighted by Crippen LogP contribution is -2.60. The average Bonchev–Trinajstić information content (AvgIpc) is 3.30. The number of nitrogens with one attached hydrogen (secondary N) is 3. The number of ether oxygens (including phenoxy) is 2. The van der Waals surface area contributed by atoms with Crippen LogP contribution in [0, 0.1) is 29.1 Å². The molecule has 2 heterocycles. The summed E-state index contributed by atoms with van der Waals surface area (Å²) in [5.41, 5.74) is 2.50. The lowest BCUT2D eigenvalue weighted by molar-refractivity contribution is -0.144. The van der Waals surface area contributed by atoms with Gasteiger partial charge in [-0.15, -0.1) is 0 Å². The molecule has 6 atom stereocenters. The quantitative estimate of drug-likeness (QED) is 0.363. The molecule has 1 saturated carbocycles. The Morgan fingerprint density at radius 1 is 1.16 bits per heavy atom. The summed E-state index contributed by atoms with van der Waals surface area (Å²) in [6, 6.07) is 7.45. The molecule has 1 aromatic carbocycles. The van der Waals surface area contributed by atoms with E-state index in [-0.39, 0.29) is 48.1 Å². The van der Waals surface area contributed by atoms with Crippen LogP contribution in [0.1, 0.15) is 66.9 Å². The number of piperidine rings is 1. The number of carbonyl (C=O) groups is 5. The summed E-state index contributed by atoms with van der Waals surface area (Å²) in [6.07, 6.45) is -0.381. The van der Waals surface area contributed by atoms with Crippen molar-refractivity contribution in [2.24, 2.45) is 29.1 Å². The van der Waals surface area contributed by atoms with Gasteiger partial charge < -0.3 is 25.0 Å². The summed E-state index contributed by atoms with van der Waals surface area (Å²) in [7, 11) is 0. The zero-order chi connectivity index (χ0) is 32.4. The maximum Gasteiger partial charge on any atom is 0.429 e. The normalized spacial score (nSPS) is 24.8. The molecule has 2 saturated heterocycles. The number of hydrogen-bond acceptors (Lipinski definition) is 7. The van der Waals surface area contributed by atoms with Gasteiger partial charge >= 0.3 is 12.2 Å². The lowest BCUT2D eigenvalue weighted by Gasteiger charge is -2.36. The number of nitrogens with zero attached hydrogens (tertiary/aromatic N) is 2. The number of benzene rings is 1. The molecule has 4 rings (SSSR count). The van der Waals surface area contributed by atoms with E-state index >= 15 is 0 Å². The topological polar surface area (TPSA) is 146 Å². The van der Waals surface area contributed by atoms with Crippen LogP contribution >= 0.6 is 0 Å². The first-order chi connectivity index (χ1) is 20.6. The van der Waals surface area contributed by atoms with Gasteiger partial charge in [0.15, 0.2) is 0 Å². The molecule has 0 spiro atoms. The van der Waals surface area contributed by atoms with Crippen molar-refractivity contribution in [3.63, 3.8) is 0 Å². The Morgan fingerprint density at radius 3 is 2.43 bits per heavy atom. The predicted molar refractivity (Wildman–Crippen MR) is 161 cm³/mol. The van der Waals surface area contributed by atoms with Crippen LogP contribution in [0.2, 0.25) is 0 Å². The number of likely N-dealkylation sites (tertiary alicyclic amines) is 1. The van der Waals surface area contributed by atoms with Crippen LogP contribution in [-0.2, 0) is 30.5 Å². The second-order valence-corrected chi connectivity index (χ2v) is 13.8. The molecule has 3 N–H and O–H groups in total. The fraction of sp³-hybridized carbons (Fsp3) is 0.656. The molecule has 242 valence electrons. The summed E-state index contributed by atoms with van der Waals surface area (Å²) < 4.78 is 10.9. The maximum absolute atomic E-state index is 14.1. The second kappa shape index (κ2) is 13.0. The summed E-state index contributed by atoms with van der Waals surface area (Å²) in [4.78, 5) is 67.9. The number of alkyl carbamates (subject to hydrolysis) is 1. The molecule has 2 aliphatic heterocycles. The Morgan fingerprint density at radius 2 is 1.84 bits per heavy atom. The molecule has 1 aliphatic carbocycles. The molecule has 12 nitrogen and oxygen atoms in total. The van der Waals surface area contributed by atoms with Crippen LogP contribution in [0.5, 0.6) is 0 Å². The van der Waals surface area contributed by atoms with Crippen LogP contribution in [0.3, 0.4) is 0 Å². The van der Waals surface area contributed by atoms with E-state index in [0.717, 1.165) is 10.6 Å². The highest BCUT2D eigenvalue weighted by molar-refractivity contribution is 5.93. The van der Waals surface area contributed by atoms with Gasteiger partial charge in [0, 0.05) is 13.1 Å². The van der Waals surface area contributed by atoms with Crippen molar-refractivity contribution in [1.82, 2.24) is 26.0 Å². The number of rotatable bonds is 9. The Hall–Kier alpha value is -3.83. The van der Waals surface area contributed by atoms with Crippen LogP contribution in [0.15, 0.2) is 30.3 Å². The first-order valence-corrected chi connectivity index (χ1v) is 15.5. The molecule has 3 fully saturated rings. The van der Waals surface area contributed by atoms with E-state index in [1.807, 2.05) is 44.2 Å². The summed E-state index contributed by atoms with van der Waals surface area (Å²) in [6.45, 7) is 13.9. The predicted octanol–water partition coefficient (Wildman–Crippen LogP) is 3.21. The standard InChI is InChI=1S/C32H47N5O7/c1-8-19(2)24(34-29(41)43-18-20-12-10-9-11-13-20)28(40)36-17-22-23(32(22,6)7)25(36)27(39)35-37(30(42)44-31(3,4)5)16-21-14-15-33-26(21)38/h9-13,19,21-25H,8,14-18H2,1-7H3,(H,33,38)(H,34,41)(H,35,39)/t19-,21+,22+,23+,24+,25+/m1/s1. The second-order valence-electron chi connectivity index (χ2n) is 13.8. The van der Waals surface area contributed by atoms with Crippen LogP contribution in [0.4, 0.5) is 9.59 Å². The molecular weight excluding hydrogens is 566 g/mol. The van der Waals surface area contributed by atoms with Crippen LogP contribution in [-0.4, -0.2) is 77.1 Å². The van der Waals surface area contributed by atoms with Crippen molar-refractivity contribution in [1.29, 1.82) is 0 Å². The number of hydrogen-bond donors (Lipinski definition) is 3. The minimum atomic E-state index is -0.914. The molecule has 5 amide bonds. The lowest BCUT2D eigenvalue weighted by atomic mass is 9.95. The number of fused-ring (bicyclic) bond motifs is 1. The largest absolute Gasteiger partial charge is 0.445 e. The van der Waals surface area contributed by atoms with E-state index in [4.69, 9.17) is 9.47 Å². The molecule has 0 aromatic heterocycles. The first-order valence-electron chi connectivity index (χ1n) is 15.5. The van der Waals surface area contributed by atoms with Gasteiger partial charge in [0.05, 0.1) is 12.5 Å². The van der Waals surface area contributed by atoms with Crippen LogP contribution in [0.25, 0.3) is 0 Å². The Kier molecular flexibility index (Phi) is 9.80. The van der Waals surface area contributed by atoms with Crippen molar-refractivity contribution < 1.29 is 33.4 Å². The van der Waals surface area contributed by atoms with E-state index < -0.39 is 41.7 Å². The first kappa shape index (κ1) is 33.1. The average molecular weight is 614 g/mol. The van der Waals surface area contributed by atoms with E-state index in [0.29, 0.717) is 25.9 Å². The van der Waals surface area contributed by atoms with Gasteiger partial charge in [-0.2, -0.15) is 0 Å². The van der Waals surface area contributed by atoms with Gasteiger partial charge in [0.1, 0.15) is 24.3 Å². The van der Waals surface area contributed by atoms with Gasteiger partial charge in [-0.25, -0.2) is 14.6 Å². The highest BCUT2D eigenvalue weighted by Crippen LogP contribution is 2.65. The highest BCUT2D eigenvalue weighted by atomic mass is 16.6.